The van der Waals surface area contributed by atoms with E-state index in [-0.39, 0.29) is 24.0 Å². The van der Waals surface area contributed by atoms with E-state index < -0.39 is 0 Å². The van der Waals surface area contributed by atoms with E-state index in [4.69, 9.17) is 4.74 Å². The van der Waals surface area contributed by atoms with E-state index in [0.717, 1.165) is 17.7 Å². The van der Waals surface area contributed by atoms with Crippen LogP contribution in [0.2, 0.25) is 0 Å². The average Bonchev–Trinajstić information content (AvgIpc) is 3.31. The molecule has 0 aliphatic carbocycles. The summed E-state index contributed by atoms with van der Waals surface area (Å²) in [5, 5.41) is 8.58. The normalized spacial score (nSPS) is 20.4. The Kier molecular flexibility index (Phi) is 5.22. The summed E-state index contributed by atoms with van der Waals surface area (Å²) in [6.45, 7) is 8.04. The van der Waals surface area contributed by atoms with Crippen LogP contribution < -0.4 is 0 Å². The molecule has 2 aromatic rings. The topological polar surface area (TPSA) is 65.2 Å². The van der Waals surface area contributed by atoms with Crippen molar-refractivity contribution in [3.8, 4) is 0 Å². The van der Waals surface area contributed by atoms with Gasteiger partial charge in [-0.3, -0.25) is 14.2 Å². The predicted molar refractivity (Wildman–Crippen MR) is 93.7 cm³/mol. The molecule has 1 fully saturated rings. The first kappa shape index (κ1) is 17.7. The minimum absolute atomic E-state index is 0.144. The van der Waals surface area contributed by atoms with Gasteiger partial charge in [-0.15, -0.1) is 0 Å². The van der Waals surface area contributed by atoms with Gasteiger partial charge in [-0.25, -0.2) is 0 Å². The third kappa shape index (κ3) is 3.61. The highest BCUT2D eigenvalue weighted by Crippen LogP contribution is 2.36. The lowest BCUT2D eigenvalue weighted by Crippen LogP contribution is -2.37. The van der Waals surface area contributed by atoms with Crippen molar-refractivity contribution in [2.24, 2.45) is 13.0 Å². The van der Waals surface area contributed by atoms with E-state index in [1.54, 1.807) is 10.9 Å². The van der Waals surface area contributed by atoms with Gasteiger partial charge < -0.3 is 9.64 Å². The molecule has 136 valence electrons. The molecule has 7 heteroatoms. The zero-order valence-electron chi connectivity index (χ0n) is 15.4. The average molecular weight is 345 g/mol. The molecule has 0 spiro atoms. The maximum atomic E-state index is 13.2. The van der Waals surface area contributed by atoms with Crippen molar-refractivity contribution in [2.45, 2.75) is 45.9 Å². The number of carbonyl (C=O) groups excluding carboxylic acids is 1. The minimum atomic E-state index is -0.222. The van der Waals surface area contributed by atoms with Gasteiger partial charge in [-0.05, 0) is 33.3 Å². The van der Waals surface area contributed by atoms with Crippen LogP contribution in [0.5, 0.6) is 0 Å². The van der Waals surface area contributed by atoms with Gasteiger partial charge in [0.1, 0.15) is 6.10 Å². The maximum Gasteiger partial charge on any atom is 0.229 e. The first-order chi connectivity index (χ1) is 12.0. The summed E-state index contributed by atoms with van der Waals surface area (Å²) in [6, 6.07) is 2.20. The molecule has 1 aliphatic rings. The molecule has 0 saturated carbocycles. The molecule has 2 aromatic heterocycles. The summed E-state index contributed by atoms with van der Waals surface area (Å²) in [6.07, 6.45) is 6.07. The van der Waals surface area contributed by atoms with Crippen LogP contribution in [-0.4, -0.2) is 43.5 Å². The molecule has 1 saturated heterocycles. The van der Waals surface area contributed by atoms with Gasteiger partial charge in [0.2, 0.25) is 5.91 Å². The molecule has 2 atom stereocenters. The van der Waals surface area contributed by atoms with E-state index in [9.17, 15) is 4.79 Å². The number of carbonyl (C=O) groups is 1. The number of rotatable bonds is 6. The van der Waals surface area contributed by atoms with E-state index in [0.29, 0.717) is 19.7 Å². The Morgan fingerprint density at radius 1 is 1.44 bits per heavy atom. The molecule has 1 amide bonds. The van der Waals surface area contributed by atoms with Gasteiger partial charge in [-0.2, -0.15) is 10.2 Å². The van der Waals surface area contributed by atoms with Gasteiger partial charge >= 0.3 is 0 Å². The van der Waals surface area contributed by atoms with Crippen LogP contribution in [-0.2, 0) is 23.1 Å². The van der Waals surface area contributed by atoms with Gasteiger partial charge in [0.05, 0.1) is 17.8 Å². The predicted octanol–water partition coefficient (Wildman–Crippen LogP) is 2.32. The molecule has 0 radical (unpaired) electrons. The van der Waals surface area contributed by atoms with Crippen molar-refractivity contribution in [1.29, 1.82) is 0 Å². The molecule has 7 nitrogen and oxygen atoms in total. The largest absolute Gasteiger partial charge is 0.371 e. The summed E-state index contributed by atoms with van der Waals surface area (Å²) in [5.41, 5.74) is 2.03. The molecule has 0 aromatic carbocycles. The molecule has 0 bridgehead atoms. The fraction of sp³-hybridized carbons (Fsp3) is 0.611. The highest BCUT2D eigenvalue weighted by atomic mass is 16.5. The number of hydrogen-bond donors (Lipinski definition) is 0. The number of hydrogen-bond acceptors (Lipinski definition) is 4. The standard InChI is InChI=1S/C18H27N5O2/c1-5-22(12-14-10-20-21(4)11-14)18(24)15-7-9-25-17(15)16-6-8-19-23(16)13(2)3/h6,8,10-11,13,15,17H,5,7,9,12H2,1-4H3/t15-,17-/m0/s1. The smallest absolute Gasteiger partial charge is 0.229 e. The number of nitrogens with zero attached hydrogens (tertiary/aromatic N) is 5. The van der Waals surface area contributed by atoms with Crippen LogP contribution in [0.3, 0.4) is 0 Å². The zero-order chi connectivity index (χ0) is 18.0. The van der Waals surface area contributed by atoms with Crippen molar-refractivity contribution in [1.82, 2.24) is 24.5 Å². The highest BCUT2D eigenvalue weighted by molar-refractivity contribution is 5.80. The molecule has 3 heterocycles. The van der Waals surface area contributed by atoms with Crippen LogP contribution in [0.25, 0.3) is 0 Å². The van der Waals surface area contributed by atoms with Gasteiger partial charge in [0.25, 0.3) is 0 Å². The lowest BCUT2D eigenvalue weighted by molar-refractivity contribution is -0.138. The first-order valence-electron chi connectivity index (χ1n) is 8.92. The second kappa shape index (κ2) is 7.39. The number of aryl methyl sites for hydroxylation is 1. The van der Waals surface area contributed by atoms with Crippen molar-refractivity contribution < 1.29 is 9.53 Å². The Morgan fingerprint density at radius 3 is 2.88 bits per heavy atom. The Morgan fingerprint density at radius 2 is 2.24 bits per heavy atom. The summed E-state index contributed by atoms with van der Waals surface area (Å²) in [7, 11) is 1.88. The van der Waals surface area contributed by atoms with Crippen molar-refractivity contribution >= 4 is 5.91 Å². The van der Waals surface area contributed by atoms with E-state index in [2.05, 4.69) is 24.0 Å². The van der Waals surface area contributed by atoms with Crippen molar-refractivity contribution in [3.63, 3.8) is 0 Å². The second-order valence-corrected chi connectivity index (χ2v) is 6.86. The molecular formula is C18H27N5O2. The van der Waals surface area contributed by atoms with Crippen LogP contribution >= 0.6 is 0 Å². The molecule has 3 rings (SSSR count). The number of ether oxygens (including phenoxy) is 1. The lowest BCUT2D eigenvalue weighted by atomic mass is 9.96. The second-order valence-electron chi connectivity index (χ2n) is 6.86. The van der Waals surface area contributed by atoms with Crippen LogP contribution in [0, 0.1) is 5.92 Å². The van der Waals surface area contributed by atoms with E-state index in [1.165, 1.54) is 0 Å². The Bertz CT molecular complexity index is 721. The third-order valence-corrected chi connectivity index (χ3v) is 4.72. The fourth-order valence-electron chi connectivity index (χ4n) is 3.47. The summed E-state index contributed by atoms with van der Waals surface area (Å²) < 4.78 is 9.66. The molecule has 25 heavy (non-hydrogen) atoms. The number of aromatic nitrogens is 4. The van der Waals surface area contributed by atoms with Gasteiger partial charge in [-0.1, -0.05) is 0 Å². The fourth-order valence-corrected chi connectivity index (χ4v) is 3.47. The van der Waals surface area contributed by atoms with Crippen molar-refractivity contribution in [3.05, 3.63) is 35.9 Å². The quantitative estimate of drug-likeness (QED) is 0.806. The van der Waals surface area contributed by atoms with Gasteiger partial charge in [0, 0.05) is 50.7 Å². The van der Waals surface area contributed by atoms with E-state index >= 15 is 0 Å². The minimum Gasteiger partial charge on any atom is -0.371 e. The maximum absolute atomic E-state index is 13.2. The summed E-state index contributed by atoms with van der Waals surface area (Å²) in [5.74, 6) is -0.0174. The first-order valence-corrected chi connectivity index (χ1v) is 8.92. The van der Waals surface area contributed by atoms with Crippen LogP contribution in [0.4, 0.5) is 0 Å². The molecule has 1 aliphatic heterocycles. The number of amides is 1. The Balaban J connectivity index is 1.78. The van der Waals surface area contributed by atoms with Crippen molar-refractivity contribution in [2.75, 3.05) is 13.2 Å². The van der Waals surface area contributed by atoms with E-state index in [1.807, 2.05) is 42.0 Å². The Hall–Kier alpha value is -2.15. The molecular weight excluding hydrogens is 318 g/mol. The lowest BCUT2D eigenvalue weighted by Gasteiger charge is -2.27. The van der Waals surface area contributed by atoms with Gasteiger partial charge in [0.15, 0.2) is 0 Å². The highest BCUT2D eigenvalue weighted by Gasteiger charge is 2.39. The molecule has 0 N–H and O–H groups in total. The van der Waals surface area contributed by atoms with Crippen LogP contribution in [0.1, 0.15) is 50.6 Å². The van der Waals surface area contributed by atoms with Crippen LogP contribution in [0.15, 0.2) is 24.7 Å². The monoisotopic (exact) mass is 345 g/mol. The molecule has 0 unspecified atom stereocenters. The Labute approximate surface area is 148 Å². The SMILES string of the molecule is CCN(Cc1cnn(C)c1)C(=O)[C@H]1CCO[C@@H]1c1ccnn1C(C)C. The summed E-state index contributed by atoms with van der Waals surface area (Å²) in [4.78, 5) is 15.1. The zero-order valence-corrected chi connectivity index (χ0v) is 15.4. The third-order valence-electron chi connectivity index (χ3n) is 4.72. The summed E-state index contributed by atoms with van der Waals surface area (Å²) >= 11 is 0.